The minimum Gasteiger partial charge on any atom is -0.466 e. The van der Waals surface area contributed by atoms with Crippen LogP contribution >= 0.6 is 11.6 Å². The molecule has 0 aliphatic carbocycles. The van der Waals surface area contributed by atoms with Crippen molar-refractivity contribution in [3.8, 4) is 0 Å². The molecule has 5 heteroatoms. The molecule has 1 rings (SSSR count). The van der Waals surface area contributed by atoms with Crippen LogP contribution in [0.25, 0.3) is 0 Å². The highest BCUT2D eigenvalue weighted by Gasteiger charge is 2.33. The number of halogens is 2. The van der Waals surface area contributed by atoms with Gasteiger partial charge in [-0.15, -0.1) is 0 Å². The smallest absolute Gasteiger partial charge is 0.307 e. The third-order valence-corrected chi connectivity index (χ3v) is 3.61. The molecular weight excluding hydrogens is 269 g/mol. The summed E-state index contributed by atoms with van der Waals surface area (Å²) in [6.45, 7) is 4.00. The predicted octanol–water partition coefficient (Wildman–Crippen LogP) is 3.21. The van der Waals surface area contributed by atoms with Gasteiger partial charge < -0.3 is 4.74 Å². The summed E-state index contributed by atoms with van der Waals surface area (Å²) < 4.78 is 18.2. The molecule has 0 aromatic heterocycles. The van der Waals surface area contributed by atoms with Crippen molar-refractivity contribution in [3.63, 3.8) is 0 Å². The number of carbonyl (C=O) groups is 1. The van der Waals surface area contributed by atoms with Crippen LogP contribution in [-0.2, 0) is 15.1 Å². The molecule has 1 aromatic carbocycles. The first kappa shape index (κ1) is 15.9. The van der Waals surface area contributed by atoms with E-state index < -0.39 is 11.4 Å². The Labute approximate surface area is 118 Å². The third kappa shape index (κ3) is 3.67. The van der Waals surface area contributed by atoms with E-state index in [0.29, 0.717) is 6.61 Å². The lowest BCUT2D eigenvalue weighted by atomic mass is 9.87. The van der Waals surface area contributed by atoms with Crippen LogP contribution in [0.15, 0.2) is 18.2 Å². The van der Waals surface area contributed by atoms with Gasteiger partial charge in [0.25, 0.3) is 0 Å². The van der Waals surface area contributed by atoms with Crippen molar-refractivity contribution in [1.29, 1.82) is 0 Å². The van der Waals surface area contributed by atoms with Crippen LogP contribution in [0.3, 0.4) is 0 Å². The second kappa shape index (κ2) is 6.35. The van der Waals surface area contributed by atoms with Gasteiger partial charge in [0.05, 0.1) is 23.6 Å². The first-order valence-electron chi connectivity index (χ1n) is 6.10. The zero-order chi connectivity index (χ0) is 14.6. The van der Waals surface area contributed by atoms with Gasteiger partial charge in [-0.25, -0.2) is 4.39 Å². The van der Waals surface area contributed by atoms with Gasteiger partial charge in [-0.1, -0.05) is 17.7 Å². The normalized spacial score (nSPS) is 14.3. The van der Waals surface area contributed by atoms with Gasteiger partial charge in [-0.3, -0.25) is 9.69 Å². The average Bonchev–Trinajstić information content (AvgIpc) is 2.32. The molecule has 0 spiro atoms. The van der Waals surface area contributed by atoms with E-state index in [9.17, 15) is 9.18 Å². The molecule has 19 heavy (non-hydrogen) atoms. The Morgan fingerprint density at radius 3 is 2.58 bits per heavy atom. The van der Waals surface area contributed by atoms with Gasteiger partial charge in [0.1, 0.15) is 5.82 Å². The first-order valence-corrected chi connectivity index (χ1v) is 6.47. The molecule has 3 nitrogen and oxygen atoms in total. The van der Waals surface area contributed by atoms with Crippen molar-refractivity contribution in [1.82, 2.24) is 4.90 Å². The van der Waals surface area contributed by atoms with E-state index in [1.165, 1.54) is 6.07 Å². The zero-order valence-electron chi connectivity index (χ0n) is 11.7. The van der Waals surface area contributed by atoms with E-state index in [2.05, 4.69) is 0 Å². The lowest BCUT2D eigenvalue weighted by Gasteiger charge is -2.36. The molecule has 0 fully saturated rings. The van der Waals surface area contributed by atoms with Crippen LogP contribution < -0.4 is 0 Å². The van der Waals surface area contributed by atoms with Gasteiger partial charge in [0.15, 0.2) is 0 Å². The lowest BCUT2D eigenvalue weighted by Crippen LogP contribution is -2.41. The second-order valence-electron chi connectivity index (χ2n) is 4.78. The van der Waals surface area contributed by atoms with E-state index in [1.807, 2.05) is 25.9 Å². The monoisotopic (exact) mass is 287 g/mol. The largest absolute Gasteiger partial charge is 0.466 e. The third-order valence-electron chi connectivity index (χ3n) is 3.32. The molecule has 0 saturated heterocycles. The van der Waals surface area contributed by atoms with Crippen LogP contribution in [0.2, 0.25) is 5.02 Å². The Morgan fingerprint density at radius 2 is 2.11 bits per heavy atom. The van der Waals surface area contributed by atoms with Crippen molar-refractivity contribution in [2.24, 2.45) is 0 Å². The maximum absolute atomic E-state index is 13.2. The number of carbonyl (C=O) groups excluding carboxylic acids is 1. The summed E-state index contributed by atoms with van der Waals surface area (Å²) in [6.07, 6.45) is 0.176. The van der Waals surface area contributed by atoms with Crippen molar-refractivity contribution >= 4 is 17.6 Å². The molecule has 106 valence electrons. The number of rotatable bonds is 5. The molecule has 1 aromatic rings. The molecule has 0 saturated carbocycles. The Balaban J connectivity index is 3.10. The number of nitrogens with zero attached hydrogens (tertiary/aromatic N) is 1. The maximum Gasteiger partial charge on any atom is 0.307 e. The van der Waals surface area contributed by atoms with Crippen LogP contribution in [0.4, 0.5) is 4.39 Å². The van der Waals surface area contributed by atoms with Crippen LogP contribution in [0.5, 0.6) is 0 Å². The second-order valence-corrected chi connectivity index (χ2v) is 5.19. The summed E-state index contributed by atoms with van der Waals surface area (Å²) >= 11 is 5.81. The predicted molar refractivity (Wildman–Crippen MR) is 73.7 cm³/mol. The van der Waals surface area contributed by atoms with E-state index >= 15 is 0 Å². The lowest BCUT2D eigenvalue weighted by molar-refractivity contribution is -0.146. The summed E-state index contributed by atoms with van der Waals surface area (Å²) in [5.74, 6) is -0.762. The highest BCUT2D eigenvalue weighted by atomic mass is 35.5. The summed E-state index contributed by atoms with van der Waals surface area (Å²) in [5, 5.41) is 0.0504. The highest BCUT2D eigenvalue weighted by Crippen LogP contribution is 2.32. The molecule has 1 unspecified atom stereocenters. The Bertz CT molecular complexity index is 465. The molecule has 0 bridgehead atoms. The fourth-order valence-electron chi connectivity index (χ4n) is 1.84. The van der Waals surface area contributed by atoms with E-state index in [-0.39, 0.29) is 17.4 Å². The summed E-state index contributed by atoms with van der Waals surface area (Å²) in [7, 11) is 3.72. The van der Waals surface area contributed by atoms with Crippen LogP contribution in [0, 0.1) is 5.82 Å². The molecule has 0 aliphatic heterocycles. The molecule has 0 radical (unpaired) electrons. The molecule has 0 amide bonds. The van der Waals surface area contributed by atoms with Gasteiger partial charge in [-0.05, 0) is 45.6 Å². The average molecular weight is 288 g/mol. The summed E-state index contributed by atoms with van der Waals surface area (Å²) in [4.78, 5) is 13.6. The van der Waals surface area contributed by atoms with Gasteiger partial charge in [-0.2, -0.15) is 0 Å². The minimum absolute atomic E-state index is 0.0504. The fourth-order valence-corrected chi connectivity index (χ4v) is 2.02. The van der Waals surface area contributed by atoms with E-state index in [0.717, 1.165) is 5.56 Å². The van der Waals surface area contributed by atoms with Crippen molar-refractivity contribution in [2.45, 2.75) is 25.8 Å². The van der Waals surface area contributed by atoms with Crippen molar-refractivity contribution in [2.75, 3.05) is 20.7 Å². The summed E-state index contributed by atoms with van der Waals surface area (Å²) in [5.41, 5.74) is 0.181. The maximum atomic E-state index is 13.2. The minimum atomic E-state index is -0.594. The van der Waals surface area contributed by atoms with Gasteiger partial charge >= 0.3 is 5.97 Å². The molecular formula is C14H19ClFNO2. The van der Waals surface area contributed by atoms with Crippen molar-refractivity contribution in [3.05, 3.63) is 34.6 Å². The number of benzene rings is 1. The number of ether oxygens (including phenoxy) is 1. The molecule has 0 heterocycles. The van der Waals surface area contributed by atoms with E-state index in [1.54, 1.807) is 19.1 Å². The Morgan fingerprint density at radius 1 is 1.47 bits per heavy atom. The highest BCUT2D eigenvalue weighted by molar-refractivity contribution is 6.30. The van der Waals surface area contributed by atoms with Gasteiger partial charge in [0.2, 0.25) is 0 Å². The van der Waals surface area contributed by atoms with E-state index in [4.69, 9.17) is 16.3 Å². The van der Waals surface area contributed by atoms with Crippen molar-refractivity contribution < 1.29 is 13.9 Å². The van der Waals surface area contributed by atoms with Gasteiger partial charge in [0, 0.05) is 0 Å². The Kier molecular flexibility index (Phi) is 5.32. The molecule has 0 aliphatic rings. The Hall–Kier alpha value is -1.13. The number of esters is 1. The molecule has 0 N–H and O–H groups in total. The fraction of sp³-hybridized carbons (Fsp3) is 0.500. The standard InChI is InChI=1S/C14H19ClFNO2/c1-5-19-13(18)9-14(2,17(3)4)10-6-7-12(16)11(15)8-10/h6-8H,5,9H2,1-4H3. The number of hydrogen-bond acceptors (Lipinski definition) is 3. The SMILES string of the molecule is CCOC(=O)CC(C)(c1ccc(F)c(Cl)c1)N(C)C. The summed E-state index contributed by atoms with van der Waals surface area (Å²) in [6, 6.07) is 4.50. The molecule has 1 atom stereocenters. The van der Waals surface area contributed by atoms with Crippen LogP contribution in [0.1, 0.15) is 25.8 Å². The van der Waals surface area contributed by atoms with Crippen LogP contribution in [-0.4, -0.2) is 31.6 Å². The first-order chi connectivity index (χ1) is 8.81. The topological polar surface area (TPSA) is 29.5 Å². The number of hydrogen-bond donors (Lipinski definition) is 0. The quantitative estimate of drug-likeness (QED) is 0.779. The zero-order valence-corrected chi connectivity index (χ0v) is 12.4.